The van der Waals surface area contributed by atoms with Crippen molar-refractivity contribution in [1.82, 2.24) is 0 Å². The molecule has 0 radical (unpaired) electrons. The van der Waals surface area contributed by atoms with Crippen molar-refractivity contribution in [2.45, 2.75) is 25.9 Å². The first kappa shape index (κ1) is 16.7. The van der Waals surface area contributed by atoms with E-state index in [2.05, 4.69) is 9.47 Å². The normalized spacial score (nSPS) is 19.0. The number of hydrogen-bond acceptors (Lipinski definition) is 8. The highest BCUT2D eigenvalue weighted by atomic mass is 16.6. The van der Waals surface area contributed by atoms with Crippen LogP contribution in [0.5, 0.6) is 0 Å². The fraction of sp³-hybridized carbons (Fsp3) is 0.538. The molecule has 8 heteroatoms. The van der Waals surface area contributed by atoms with Crippen LogP contribution in [-0.2, 0) is 33.4 Å². The first-order valence-corrected chi connectivity index (χ1v) is 6.13. The van der Waals surface area contributed by atoms with Gasteiger partial charge in [-0.25, -0.2) is 4.79 Å². The Kier molecular flexibility index (Phi) is 5.45. The Morgan fingerprint density at radius 1 is 1.29 bits per heavy atom. The molecule has 1 aliphatic heterocycles. The van der Waals surface area contributed by atoms with E-state index in [-0.39, 0.29) is 6.42 Å². The minimum absolute atomic E-state index is 0.313. The number of esters is 3. The summed E-state index contributed by atoms with van der Waals surface area (Å²) in [5.74, 6) is -4.47. The number of aliphatic hydroxyl groups is 1. The zero-order chi connectivity index (χ0) is 16.2. The molecule has 0 saturated heterocycles. The molecule has 1 aliphatic rings. The summed E-state index contributed by atoms with van der Waals surface area (Å²) in [6.07, 6.45) is -1.94. The van der Waals surface area contributed by atoms with Gasteiger partial charge < -0.3 is 19.3 Å². The average molecular weight is 300 g/mol. The highest BCUT2D eigenvalue weighted by Gasteiger charge is 2.40. The largest absolute Gasteiger partial charge is 0.507 e. The Hall–Kier alpha value is -2.38. The molecule has 0 aromatic rings. The highest BCUT2D eigenvalue weighted by Crippen LogP contribution is 2.26. The molecule has 0 fully saturated rings. The second-order valence-corrected chi connectivity index (χ2v) is 4.49. The number of ether oxygens (including phenoxy) is 3. The van der Waals surface area contributed by atoms with Crippen molar-refractivity contribution < 1.29 is 38.5 Å². The fourth-order valence-corrected chi connectivity index (χ4v) is 1.80. The first-order chi connectivity index (χ1) is 9.81. The van der Waals surface area contributed by atoms with E-state index < -0.39 is 53.5 Å². The van der Waals surface area contributed by atoms with Crippen LogP contribution >= 0.6 is 0 Å². The smallest absolute Gasteiger partial charge is 0.346 e. The van der Waals surface area contributed by atoms with E-state index >= 15 is 0 Å². The molecule has 2 unspecified atom stereocenters. The minimum atomic E-state index is -1.24. The van der Waals surface area contributed by atoms with Crippen molar-refractivity contribution in [2.75, 3.05) is 14.2 Å². The van der Waals surface area contributed by atoms with Crippen LogP contribution in [0.15, 0.2) is 11.3 Å². The van der Waals surface area contributed by atoms with E-state index in [0.29, 0.717) is 0 Å². The number of ketones is 1. The van der Waals surface area contributed by atoms with E-state index in [9.17, 15) is 24.3 Å². The maximum absolute atomic E-state index is 12.0. The lowest BCUT2D eigenvalue weighted by Gasteiger charge is -2.08. The molecule has 1 N–H and O–H groups in total. The molecule has 0 aromatic carbocycles. The summed E-state index contributed by atoms with van der Waals surface area (Å²) < 4.78 is 13.6. The summed E-state index contributed by atoms with van der Waals surface area (Å²) in [5, 5.41) is 9.83. The lowest BCUT2D eigenvalue weighted by molar-refractivity contribution is -0.149. The van der Waals surface area contributed by atoms with Crippen molar-refractivity contribution in [2.24, 2.45) is 5.92 Å². The standard InChI is InChI=1S/C13H16O8/c1-6(12(17)20-3)4-7(14)10-11(16)8(21-13(10)18)5-9(15)19-2/h6,8,16H,4-5H2,1-3H3. The number of aliphatic hydroxyl groups excluding tert-OH is 1. The van der Waals surface area contributed by atoms with Gasteiger partial charge in [0.15, 0.2) is 17.6 Å². The maximum Gasteiger partial charge on any atom is 0.346 e. The summed E-state index contributed by atoms with van der Waals surface area (Å²) >= 11 is 0. The Morgan fingerprint density at radius 3 is 2.43 bits per heavy atom. The van der Waals surface area contributed by atoms with Gasteiger partial charge in [0.2, 0.25) is 0 Å². The first-order valence-electron chi connectivity index (χ1n) is 6.13. The van der Waals surface area contributed by atoms with Gasteiger partial charge in [-0.15, -0.1) is 0 Å². The van der Waals surface area contributed by atoms with Crippen LogP contribution in [0.2, 0.25) is 0 Å². The average Bonchev–Trinajstić information content (AvgIpc) is 2.71. The fourth-order valence-electron chi connectivity index (χ4n) is 1.80. The number of hydrogen-bond donors (Lipinski definition) is 1. The molecule has 116 valence electrons. The zero-order valence-electron chi connectivity index (χ0n) is 11.9. The van der Waals surface area contributed by atoms with Crippen molar-refractivity contribution in [1.29, 1.82) is 0 Å². The summed E-state index contributed by atoms with van der Waals surface area (Å²) in [6.45, 7) is 1.45. The van der Waals surface area contributed by atoms with Gasteiger partial charge in [-0.2, -0.15) is 0 Å². The number of carbonyl (C=O) groups excluding carboxylic acids is 4. The van der Waals surface area contributed by atoms with E-state index in [1.54, 1.807) is 0 Å². The third kappa shape index (κ3) is 3.80. The van der Waals surface area contributed by atoms with Gasteiger partial charge in [0.25, 0.3) is 0 Å². The molecule has 21 heavy (non-hydrogen) atoms. The van der Waals surface area contributed by atoms with E-state index in [1.165, 1.54) is 14.0 Å². The predicted octanol–water partition coefficient (Wildman–Crippen LogP) is 0.0553. The van der Waals surface area contributed by atoms with Crippen molar-refractivity contribution in [3.8, 4) is 0 Å². The van der Waals surface area contributed by atoms with Crippen LogP contribution in [0.1, 0.15) is 19.8 Å². The molecule has 8 nitrogen and oxygen atoms in total. The van der Waals surface area contributed by atoms with Gasteiger partial charge in [0.1, 0.15) is 5.57 Å². The van der Waals surface area contributed by atoms with E-state index in [0.717, 1.165) is 7.11 Å². The lowest BCUT2D eigenvalue weighted by Crippen LogP contribution is -2.20. The summed E-state index contributed by atoms with van der Waals surface area (Å²) in [7, 11) is 2.32. The van der Waals surface area contributed by atoms with Crippen LogP contribution in [0, 0.1) is 5.92 Å². The molecule has 0 aliphatic carbocycles. The summed E-state index contributed by atoms with van der Waals surface area (Å²) in [6, 6.07) is 0. The summed E-state index contributed by atoms with van der Waals surface area (Å²) in [5.41, 5.74) is -0.542. The maximum atomic E-state index is 12.0. The van der Waals surface area contributed by atoms with Crippen molar-refractivity contribution in [3.63, 3.8) is 0 Å². The Bertz CT molecular complexity index is 504. The van der Waals surface area contributed by atoms with E-state index in [1.807, 2.05) is 0 Å². The number of Topliss-reactive ketones (excluding diaryl/α,β-unsaturated/α-hetero) is 1. The van der Waals surface area contributed by atoms with Gasteiger partial charge in [0, 0.05) is 6.42 Å². The third-order valence-electron chi connectivity index (χ3n) is 2.97. The number of cyclic esters (lactones) is 1. The van der Waals surface area contributed by atoms with Crippen LogP contribution in [0.4, 0.5) is 0 Å². The Labute approximate surface area is 120 Å². The lowest BCUT2D eigenvalue weighted by atomic mass is 9.98. The zero-order valence-corrected chi connectivity index (χ0v) is 11.9. The third-order valence-corrected chi connectivity index (χ3v) is 2.97. The quantitative estimate of drug-likeness (QED) is 0.415. The topological polar surface area (TPSA) is 116 Å². The molecule has 0 saturated carbocycles. The molecule has 0 amide bonds. The molecule has 0 spiro atoms. The predicted molar refractivity (Wildman–Crippen MR) is 67.0 cm³/mol. The summed E-state index contributed by atoms with van der Waals surface area (Å²) in [4.78, 5) is 45.9. The number of carbonyl (C=O) groups is 4. The minimum Gasteiger partial charge on any atom is -0.507 e. The molecular formula is C13H16O8. The van der Waals surface area contributed by atoms with Gasteiger partial charge >= 0.3 is 17.9 Å². The van der Waals surface area contributed by atoms with Crippen LogP contribution in [0.25, 0.3) is 0 Å². The van der Waals surface area contributed by atoms with Gasteiger partial charge in [0.05, 0.1) is 26.6 Å². The Morgan fingerprint density at radius 2 is 1.90 bits per heavy atom. The van der Waals surface area contributed by atoms with E-state index in [4.69, 9.17) is 4.74 Å². The second kappa shape index (κ2) is 6.87. The molecule has 2 atom stereocenters. The SMILES string of the molecule is COC(=O)CC1OC(=O)C(C(=O)CC(C)C(=O)OC)=C1O. The molecule has 0 aromatic heterocycles. The monoisotopic (exact) mass is 300 g/mol. The molecular weight excluding hydrogens is 284 g/mol. The van der Waals surface area contributed by atoms with Crippen LogP contribution in [0.3, 0.4) is 0 Å². The molecule has 1 heterocycles. The molecule has 0 bridgehead atoms. The van der Waals surface area contributed by atoms with Crippen molar-refractivity contribution >= 4 is 23.7 Å². The van der Waals surface area contributed by atoms with Crippen LogP contribution < -0.4 is 0 Å². The molecule has 1 rings (SSSR count). The van der Waals surface area contributed by atoms with Crippen LogP contribution in [-0.4, -0.2) is 49.1 Å². The van der Waals surface area contributed by atoms with Crippen molar-refractivity contribution in [3.05, 3.63) is 11.3 Å². The second-order valence-electron chi connectivity index (χ2n) is 4.49. The van der Waals surface area contributed by atoms with Gasteiger partial charge in [-0.05, 0) is 0 Å². The number of methoxy groups -OCH3 is 2. The van der Waals surface area contributed by atoms with Gasteiger partial charge in [-0.3, -0.25) is 14.4 Å². The highest BCUT2D eigenvalue weighted by molar-refractivity contribution is 6.19. The Balaban J connectivity index is 2.84. The van der Waals surface area contributed by atoms with Gasteiger partial charge in [-0.1, -0.05) is 6.92 Å². The number of rotatable bonds is 6.